The van der Waals surface area contributed by atoms with Crippen LogP contribution in [-0.4, -0.2) is 48.1 Å². The molecule has 204 valence electrons. The monoisotopic (exact) mass is 532 g/mol. The van der Waals surface area contributed by atoms with Gasteiger partial charge in [-0.2, -0.15) is 0 Å². The summed E-state index contributed by atoms with van der Waals surface area (Å²) in [4.78, 5) is 50.5. The van der Waals surface area contributed by atoms with Gasteiger partial charge in [-0.25, -0.2) is 4.79 Å². The molecule has 39 heavy (non-hydrogen) atoms. The van der Waals surface area contributed by atoms with Gasteiger partial charge < -0.3 is 25.2 Å². The highest BCUT2D eigenvalue weighted by Crippen LogP contribution is 2.14. The van der Waals surface area contributed by atoms with Gasteiger partial charge in [0, 0.05) is 24.1 Å². The molecule has 9 nitrogen and oxygen atoms in total. The van der Waals surface area contributed by atoms with Crippen LogP contribution in [0.1, 0.15) is 30.4 Å². The van der Waals surface area contributed by atoms with Crippen molar-refractivity contribution < 1.29 is 33.8 Å². The van der Waals surface area contributed by atoms with Crippen molar-refractivity contribution in [1.82, 2.24) is 10.6 Å². The second-order valence-electron chi connectivity index (χ2n) is 8.70. The summed E-state index contributed by atoms with van der Waals surface area (Å²) in [5.41, 5.74) is 2.27. The van der Waals surface area contributed by atoms with Gasteiger partial charge in [0.2, 0.25) is 5.91 Å². The summed E-state index contributed by atoms with van der Waals surface area (Å²) in [6.45, 7) is 0.0509. The molecule has 0 saturated carbocycles. The number of benzene rings is 2. The first-order valence-electron chi connectivity index (χ1n) is 12.6. The van der Waals surface area contributed by atoms with E-state index in [1.54, 1.807) is 12.2 Å². The molecule has 1 aliphatic carbocycles. The summed E-state index contributed by atoms with van der Waals surface area (Å²) in [6, 6.07) is 17.2. The topological polar surface area (TPSA) is 131 Å². The van der Waals surface area contributed by atoms with Crippen LogP contribution < -0.4 is 10.6 Å². The zero-order valence-electron chi connectivity index (χ0n) is 21.5. The van der Waals surface area contributed by atoms with Crippen LogP contribution in [0.5, 0.6) is 0 Å². The third-order valence-corrected chi connectivity index (χ3v) is 5.74. The van der Waals surface area contributed by atoms with E-state index >= 15 is 0 Å². The molecule has 0 aromatic heterocycles. The van der Waals surface area contributed by atoms with Crippen molar-refractivity contribution in [2.75, 3.05) is 13.2 Å². The number of carbonyl (C=O) groups excluding carboxylic acids is 4. The lowest BCUT2D eigenvalue weighted by atomic mass is 10.1. The molecule has 0 radical (unpaired) electrons. The summed E-state index contributed by atoms with van der Waals surface area (Å²) in [6.07, 6.45) is 6.35. The van der Waals surface area contributed by atoms with Gasteiger partial charge in [-0.05, 0) is 30.0 Å². The second kappa shape index (κ2) is 15.7. The first-order valence-corrected chi connectivity index (χ1v) is 12.6. The number of aliphatic hydroxyl groups excluding tert-OH is 1. The van der Waals surface area contributed by atoms with Crippen LogP contribution in [0.4, 0.5) is 0 Å². The van der Waals surface area contributed by atoms with Crippen molar-refractivity contribution in [3.05, 3.63) is 107 Å². The van der Waals surface area contributed by atoms with E-state index in [-0.39, 0.29) is 51.5 Å². The largest absolute Gasteiger partial charge is 0.461 e. The number of hydrogen-bond acceptors (Lipinski definition) is 7. The summed E-state index contributed by atoms with van der Waals surface area (Å²) in [5, 5.41) is 14.1. The molecule has 2 amide bonds. The first kappa shape index (κ1) is 29.1. The maximum absolute atomic E-state index is 13.0. The third kappa shape index (κ3) is 10.1. The van der Waals surface area contributed by atoms with Crippen molar-refractivity contribution in [1.29, 1.82) is 0 Å². The molecule has 1 aliphatic rings. The fourth-order valence-electron chi connectivity index (χ4n) is 3.62. The molecule has 3 rings (SSSR count). The van der Waals surface area contributed by atoms with E-state index in [1.165, 1.54) is 12.2 Å². The Morgan fingerprint density at radius 2 is 1.49 bits per heavy atom. The van der Waals surface area contributed by atoms with Crippen molar-refractivity contribution in [3.8, 4) is 0 Å². The molecular formula is C30H32N2O7. The van der Waals surface area contributed by atoms with E-state index in [4.69, 9.17) is 14.6 Å². The minimum absolute atomic E-state index is 0.0131. The predicted octanol–water partition coefficient (Wildman–Crippen LogP) is 2.66. The molecule has 0 fully saturated rings. The molecule has 3 N–H and O–H groups in total. The van der Waals surface area contributed by atoms with Gasteiger partial charge in [-0.15, -0.1) is 0 Å². The molecule has 0 aliphatic heterocycles. The van der Waals surface area contributed by atoms with Gasteiger partial charge in [0.25, 0.3) is 5.91 Å². The standard InChI is InChI=1S/C30H32N2O7/c33-19-18-31-28(35)24-12-7-13-25(15-14-24)29(36)32-26(30(37)39-21-23-10-5-2-6-11-23)16-17-27(34)38-20-22-8-3-1-4-9-22/h1-12,14-15,26,33H,13,16-21H2,(H,31,35)(H,32,36). The predicted molar refractivity (Wildman–Crippen MR) is 144 cm³/mol. The summed E-state index contributed by atoms with van der Waals surface area (Å²) >= 11 is 0. The Kier molecular flexibility index (Phi) is 11.7. The van der Waals surface area contributed by atoms with Gasteiger partial charge in [-0.1, -0.05) is 78.9 Å². The first-order chi connectivity index (χ1) is 19.0. The Labute approximate surface area is 227 Å². The molecule has 0 heterocycles. The van der Waals surface area contributed by atoms with Crippen molar-refractivity contribution in [3.63, 3.8) is 0 Å². The quantitative estimate of drug-likeness (QED) is 0.338. The van der Waals surface area contributed by atoms with E-state index < -0.39 is 23.9 Å². The van der Waals surface area contributed by atoms with Crippen LogP contribution in [0.3, 0.4) is 0 Å². The highest BCUT2D eigenvalue weighted by Gasteiger charge is 2.25. The Bertz CT molecular complexity index is 1220. The number of hydrogen-bond donors (Lipinski definition) is 3. The fourth-order valence-corrected chi connectivity index (χ4v) is 3.62. The average molecular weight is 533 g/mol. The lowest BCUT2D eigenvalue weighted by molar-refractivity contribution is -0.150. The third-order valence-electron chi connectivity index (χ3n) is 5.74. The van der Waals surface area contributed by atoms with E-state index in [9.17, 15) is 19.2 Å². The zero-order chi connectivity index (χ0) is 27.9. The van der Waals surface area contributed by atoms with E-state index in [1.807, 2.05) is 60.7 Å². The lowest BCUT2D eigenvalue weighted by Crippen LogP contribution is -2.42. The molecule has 9 heteroatoms. The SMILES string of the molecule is O=C(CCC(NC(=O)C1=CC=C(C(=O)NCCO)C=CC1)C(=O)OCc1ccccc1)OCc1ccccc1. The van der Waals surface area contributed by atoms with Crippen molar-refractivity contribution >= 4 is 23.8 Å². The smallest absolute Gasteiger partial charge is 0.328 e. The highest BCUT2D eigenvalue weighted by atomic mass is 16.5. The molecule has 2 aromatic carbocycles. The summed E-state index contributed by atoms with van der Waals surface area (Å²) in [5.74, 6) is -2.08. The molecular weight excluding hydrogens is 500 g/mol. The minimum Gasteiger partial charge on any atom is -0.461 e. The number of esters is 2. The molecule has 2 aromatic rings. The second-order valence-corrected chi connectivity index (χ2v) is 8.70. The molecule has 0 spiro atoms. The molecule has 0 saturated heterocycles. The Balaban J connectivity index is 1.63. The number of allylic oxidation sites excluding steroid dienone is 3. The lowest BCUT2D eigenvalue weighted by Gasteiger charge is -2.18. The number of carbonyl (C=O) groups is 4. The van der Waals surface area contributed by atoms with E-state index in [2.05, 4.69) is 10.6 Å². The zero-order valence-corrected chi connectivity index (χ0v) is 21.5. The maximum Gasteiger partial charge on any atom is 0.328 e. The summed E-state index contributed by atoms with van der Waals surface area (Å²) in [7, 11) is 0. The van der Waals surface area contributed by atoms with Gasteiger partial charge >= 0.3 is 11.9 Å². The van der Waals surface area contributed by atoms with Crippen LogP contribution in [0.2, 0.25) is 0 Å². The van der Waals surface area contributed by atoms with Crippen LogP contribution in [0.25, 0.3) is 0 Å². The molecule has 1 unspecified atom stereocenters. The summed E-state index contributed by atoms with van der Waals surface area (Å²) < 4.78 is 10.7. The maximum atomic E-state index is 13.0. The van der Waals surface area contributed by atoms with Crippen LogP contribution in [0.15, 0.2) is 96.1 Å². The van der Waals surface area contributed by atoms with E-state index in [0.29, 0.717) is 11.1 Å². The van der Waals surface area contributed by atoms with Gasteiger partial charge in [0.1, 0.15) is 19.3 Å². The van der Waals surface area contributed by atoms with Crippen molar-refractivity contribution in [2.24, 2.45) is 0 Å². The molecule has 1 atom stereocenters. The minimum atomic E-state index is -1.09. The number of rotatable bonds is 13. The average Bonchev–Trinajstić information content (AvgIpc) is 3.23. The van der Waals surface area contributed by atoms with Crippen LogP contribution >= 0.6 is 0 Å². The Morgan fingerprint density at radius 1 is 0.846 bits per heavy atom. The van der Waals surface area contributed by atoms with Gasteiger partial charge in [-0.3, -0.25) is 14.4 Å². The normalized spacial score (nSPS) is 13.3. The molecule has 0 bridgehead atoms. The van der Waals surface area contributed by atoms with Crippen LogP contribution in [-0.2, 0) is 41.9 Å². The number of ether oxygens (including phenoxy) is 2. The Hall–Kier alpha value is -4.50. The number of nitrogens with one attached hydrogen (secondary N) is 2. The number of amides is 2. The Morgan fingerprint density at radius 3 is 2.13 bits per heavy atom. The van der Waals surface area contributed by atoms with Gasteiger partial charge in [0.15, 0.2) is 0 Å². The van der Waals surface area contributed by atoms with Gasteiger partial charge in [0.05, 0.1) is 6.61 Å². The van der Waals surface area contributed by atoms with Crippen LogP contribution in [0, 0.1) is 0 Å². The fraction of sp³-hybridized carbons (Fsp3) is 0.267. The number of aliphatic hydroxyl groups is 1. The highest BCUT2D eigenvalue weighted by molar-refractivity contribution is 5.99. The van der Waals surface area contributed by atoms with Crippen molar-refractivity contribution in [2.45, 2.75) is 38.5 Å². The van der Waals surface area contributed by atoms with E-state index in [0.717, 1.165) is 11.1 Å².